The Hall–Kier alpha value is -2.73. The lowest BCUT2D eigenvalue weighted by Gasteiger charge is -2.26. The molecule has 1 fully saturated rings. The van der Waals surface area contributed by atoms with Crippen molar-refractivity contribution in [2.24, 2.45) is 0 Å². The van der Waals surface area contributed by atoms with E-state index in [4.69, 9.17) is 16.6 Å². The number of nitrogens with zero attached hydrogens (tertiary/aromatic N) is 3. The largest absolute Gasteiger partial charge is 0.467 e. The Bertz CT molecular complexity index is 808. The molecule has 1 N–H and O–H groups in total. The van der Waals surface area contributed by atoms with Crippen molar-refractivity contribution in [1.29, 1.82) is 0 Å². The van der Waals surface area contributed by atoms with Crippen molar-refractivity contribution >= 4 is 17.3 Å². The third-order valence-corrected chi connectivity index (χ3v) is 4.49. The fourth-order valence-electron chi connectivity index (χ4n) is 3.03. The van der Waals surface area contributed by atoms with E-state index < -0.39 is 0 Å². The fourth-order valence-corrected chi connectivity index (χ4v) is 3.33. The Morgan fingerprint density at radius 2 is 1.96 bits per heavy atom. The van der Waals surface area contributed by atoms with E-state index in [1.165, 1.54) is 0 Å². The van der Waals surface area contributed by atoms with Crippen molar-refractivity contribution in [2.75, 3.05) is 0 Å². The first-order valence-corrected chi connectivity index (χ1v) is 8.14. The number of hydrogen-bond acceptors (Lipinski definition) is 4. The van der Waals surface area contributed by atoms with Gasteiger partial charge in [0.15, 0.2) is 5.11 Å². The summed E-state index contributed by atoms with van der Waals surface area (Å²) in [5.41, 5.74) is 2.09. The van der Waals surface area contributed by atoms with Gasteiger partial charge in [-0.15, -0.1) is 0 Å². The third kappa shape index (κ3) is 2.76. The molecule has 0 bridgehead atoms. The fraction of sp³-hybridized carbons (Fsp3) is 0.167. The van der Waals surface area contributed by atoms with E-state index in [0.717, 1.165) is 17.0 Å². The summed E-state index contributed by atoms with van der Waals surface area (Å²) in [6.45, 7) is 0.684. The van der Waals surface area contributed by atoms with Crippen LogP contribution in [0.4, 0.5) is 0 Å². The number of aromatic nitrogens is 2. The lowest BCUT2D eigenvalue weighted by Crippen LogP contribution is -2.29. The molecule has 5 nitrogen and oxygen atoms in total. The lowest BCUT2D eigenvalue weighted by atomic mass is 10.0. The quantitative estimate of drug-likeness (QED) is 0.738. The van der Waals surface area contributed by atoms with Gasteiger partial charge in [0.25, 0.3) is 0 Å². The molecule has 6 heteroatoms. The number of hydrogen-bond donors (Lipinski definition) is 1. The molecule has 1 aliphatic rings. The van der Waals surface area contributed by atoms with Crippen LogP contribution >= 0.6 is 12.2 Å². The minimum atomic E-state index is -0.0494. The van der Waals surface area contributed by atoms with Gasteiger partial charge < -0.3 is 14.6 Å². The molecule has 24 heavy (non-hydrogen) atoms. The predicted molar refractivity (Wildman–Crippen MR) is 93.9 cm³/mol. The van der Waals surface area contributed by atoms with Gasteiger partial charge in [0, 0.05) is 25.1 Å². The molecular weight excluding hydrogens is 320 g/mol. The summed E-state index contributed by atoms with van der Waals surface area (Å²) >= 11 is 5.60. The first kappa shape index (κ1) is 14.8. The van der Waals surface area contributed by atoms with E-state index in [0.29, 0.717) is 11.7 Å². The van der Waals surface area contributed by atoms with Crippen molar-refractivity contribution in [3.05, 3.63) is 84.3 Å². The summed E-state index contributed by atoms with van der Waals surface area (Å²) in [4.78, 5) is 10.7. The first-order valence-electron chi connectivity index (χ1n) is 7.73. The van der Waals surface area contributed by atoms with Gasteiger partial charge in [0.1, 0.15) is 11.8 Å². The normalized spacial score (nSPS) is 20.2. The molecule has 1 saturated heterocycles. The standard InChI is InChI=1S/C18H16N4OS/c24-18-21-16(14-4-1-2-8-20-14)17(15-5-3-11-23-15)22(18)12-13-6-9-19-10-7-13/h1-11,16-17H,12H2,(H,21,24)/t16-,17-/m1/s1. The maximum Gasteiger partial charge on any atom is 0.170 e. The van der Waals surface area contributed by atoms with E-state index in [1.54, 1.807) is 24.9 Å². The van der Waals surface area contributed by atoms with E-state index in [1.807, 2.05) is 42.5 Å². The molecule has 4 rings (SSSR count). The van der Waals surface area contributed by atoms with Crippen LogP contribution in [0.15, 0.2) is 71.7 Å². The molecule has 1 aliphatic heterocycles. The highest BCUT2D eigenvalue weighted by Crippen LogP contribution is 2.39. The van der Waals surface area contributed by atoms with E-state index >= 15 is 0 Å². The molecule has 3 aromatic heterocycles. The minimum Gasteiger partial charge on any atom is -0.467 e. The zero-order valence-electron chi connectivity index (χ0n) is 12.9. The van der Waals surface area contributed by atoms with E-state index in [-0.39, 0.29) is 12.1 Å². The summed E-state index contributed by atoms with van der Waals surface area (Å²) in [7, 11) is 0. The Morgan fingerprint density at radius 1 is 1.08 bits per heavy atom. The van der Waals surface area contributed by atoms with Crippen LogP contribution in [-0.4, -0.2) is 20.0 Å². The SMILES string of the molecule is S=C1N[C@H](c2ccccn2)[C@@H](c2ccco2)N1Cc1ccncc1. The number of pyridine rings is 2. The molecule has 120 valence electrons. The Balaban J connectivity index is 1.71. The highest BCUT2D eigenvalue weighted by molar-refractivity contribution is 7.80. The summed E-state index contributed by atoms with van der Waals surface area (Å²) < 4.78 is 5.70. The van der Waals surface area contributed by atoms with Crippen LogP contribution in [0.25, 0.3) is 0 Å². The Morgan fingerprint density at radius 3 is 2.67 bits per heavy atom. The predicted octanol–water partition coefficient (Wildman–Crippen LogP) is 3.24. The molecule has 0 aromatic carbocycles. The van der Waals surface area contributed by atoms with Crippen molar-refractivity contribution < 1.29 is 4.42 Å². The average molecular weight is 336 g/mol. The second-order valence-corrected chi connectivity index (χ2v) is 6.01. The molecule has 4 heterocycles. The van der Waals surface area contributed by atoms with Gasteiger partial charge in [-0.1, -0.05) is 6.07 Å². The van der Waals surface area contributed by atoms with Gasteiger partial charge >= 0.3 is 0 Å². The monoisotopic (exact) mass is 336 g/mol. The Kier molecular flexibility index (Phi) is 3.96. The van der Waals surface area contributed by atoms with Crippen LogP contribution in [0.3, 0.4) is 0 Å². The van der Waals surface area contributed by atoms with E-state index in [2.05, 4.69) is 20.2 Å². The molecule has 0 amide bonds. The van der Waals surface area contributed by atoms with Crippen molar-refractivity contribution in [3.8, 4) is 0 Å². The van der Waals surface area contributed by atoms with Gasteiger partial charge in [-0.05, 0) is 54.2 Å². The highest BCUT2D eigenvalue weighted by Gasteiger charge is 2.41. The van der Waals surface area contributed by atoms with Crippen LogP contribution < -0.4 is 5.32 Å². The minimum absolute atomic E-state index is 0.0458. The molecule has 0 spiro atoms. The lowest BCUT2D eigenvalue weighted by molar-refractivity contribution is 0.267. The van der Waals surface area contributed by atoms with Gasteiger partial charge in [0.2, 0.25) is 0 Å². The Labute approximate surface area is 145 Å². The number of thiocarbonyl (C=S) groups is 1. The van der Waals surface area contributed by atoms with Gasteiger partial charge in [-0.25, -0.2) is 0 Å². The zero-order chi connectivity index (χ0) is 16.4. The van der Waals surface area contributed by atoms with Crippen molar-refractivity contribution in [2.45, 2.75) is 18.6 Å². The number of rotatable bonds is 4. The molecule has 0 saturated carbocycles. The maximum atomic E-state index is 5.70. The molecule has 0 aliphatic carbocycles. The summed E-state index contributed by atoms with van der Waals surface area (Å²) in [5.74, 6) is 0.868. The van der Waals surface area contributed by atoms with Crippen molar-refractivity contribution in [3.63, 3.8) is 0 Å². The second-order valence-electron chi connectivity index (χ2n) is 5.63. The molecule has 0 unspecified atom stereocenters. The van der Waals surface area contributed by atoms with Crippen LogP contribution in [0.2, 0.25) is 0 Å². The second kappa shape index (κ2) is 6.41. The maximum absolute atomic E-state index is 5.70. The third-order valence-electron chi connectivity index (χ3n) is 4.13. The van der Waals surface area contributed by atoms with Gasteiger partial charge in [0.05, 0.1) is 18.0 Å². The van der Waals surface area contributed by atoms with Crippen LogP contribution in [0.5, 0.6) is 0 Å². The van der Waals surface area contributed by atoms with Crippen LogP contribution in [-0.2, 0) is 6.54 Å². The summed E-state index contributed by atoms with van der Waals surface area (Å²) in [6.07, 6.45) is 7.07. The highest BCUT2D eigenvalue weighted by atomic mass is 32.1. The molecule has 2 atom stereocenters. The number of nitrogens with one attached hydrogen (secondary N) is 1. The smallest absolute Gasteiger partial charge is 0.170 e. The average Bonchev–Trinajstić information content (AvgIpc) is 3.25. The molecular formula is C18H16N4OS. The van der Waals surface area contributed by atoms with Crippen LogP contribution in [0, 0.1) is 0 Å². The topological polar surface area (TPSA) is 54.2 Å². The molecule has 3 aromatic rings. The number of furan rings is 1. The molecule has 0 radical (unpaired) electrons. The summed E-state index contributed by atoms with van der Waals surface area (Å²) in [5, 5.41) is 4.10. The zero-order valence-corrected chi connectivity index (χ0v) is 13.7. The first-order chi connectivity index (χ1) is 11.8. The summed E-state index contributed by atoms with van der Waals surface area (Å²) in [6, 6.07) is 13.7. The van der Waals surface area contributed by atoms with Crippen LogP contribution in [0.1, 0.15) is 29.1 Å². The van der Waals surface area contributed by atoms with E-state index in [9.17, 15) is 0 Å². The van der Waals surface area contributed by atoms with Crippen molar-refractivity contribution in [1.82, 2.24) is 20.2 Å². The van der Waals surface area contributed by atoms with Gasteiger partial charge in [-0.3, -0.25) is 9.97 Å². The van der Waals surface area contributed by atoms with Gasteiger partial charge in [-0.2, -0.15) is 0 Å².